The van der Waals surface area contributed by atoms with E-state index in [2.05, 4.69) is 31.8 Å². The number of piperidine rings is 1. The van der Waals surface area contributed by atoms with E-state index in [1.807, 2.05) is 51.7 Å². The summed E-state index contributed by atoms with van der Waals surface area (Å²) in [5.41, 5.74) is 10.3. The molecule has 24 heteroatoms. The molecule has 1 spiro atoms. The van der Waals surface area contributed by atoms with Gasteiger partial charge in [-0.1, -0.05) is 39.8 Å². The second kappa shape index (κ2) is 23.5. The summed E-state index contributed by atoms with van der Waals surface area (Å²) in [5, 5.41) is 4.98. The van der Waals surface area contributed by atoms with Crippen LogP contribution in [0.15, 0.2) is 52.6 Å². The molecule has 5 aliphatic rings. The first-order valence-electron chi connectivity index (χ1n) is 26.5. The van der Waals surface area contributed by atoms with Gasteiger partial charge in [0.2, 0.25) is 5.91 Å². The standard InChI is InChI=1S/C54H72F4N12O8/c1-32(2)44(65(7)51(75)67-22-17-53(18-23-67)34(4)69(31-78-53)50(74)62-30-61-49(55)59)46(71)63-41-27-66-20-10-12-36(26-66)35-15-16-42-38(24-35)39(25-52(5,6)29-77-48(73)40-14-11-21-70(64-40)47(41)72)45(68(42)28-54(56,57)58)37-13-9-19-60-43(37)33(3)76-8/h9,12-13,15-16,19,24,30,32-34,40-41,44,64H,10-11,14,17-18,20-23,25-29,31H2,1-8H3,(H,63,71)(H2,59,61,62,74)/t33-,34-,40-,41-,44-/m0/s1. The fourth-order valence-corrected chi connectivity index (χ4v) is 11.6. The number of amidine groups is 1. The second-order valence-corrected chi connectivity index (χ2v) is 22.2. The number of hydrazine groups is 1. The van der Waals surface area contributed by atoms with Crippen LogP contribution in [0.3, 0.4) is 0 Å². The van der Waals surface area contributed by atoms with Crippen molar-refractivity contribution in [1.82, 2.24) is 44.9 Å². The van der Waals surface area contributed by atoms with Crippen LogP contribution in [0.5, 0.6) is 0 Å². The maximum absolute atomic E-state index is 14.9. The van der Waals surface area contributed by atoms with Gasteiger partial charge in [-0.25, -0.2) is 15.0 Å². The fourth-order valence-electron chi connectivity index (χ4n) is 11.6. The van der Waals surface area contributed by atoms with Crippen molar-refractivity contribution in [3.63, 3.8) is 0 Å². The average molecular weight is 1090 g/mol. The molecule has 0 saturated carbocycles. The molecule has 0 radical (unpaired) electrons. The number of cyclic esters (lactones) is 1. The van der Waals surface area contributed by atoms with E-state index in [1.54, 1.807) is 43.3 Å². The van der Waals surface area contributed by atoms with Gasteiger partial charge in [-0.2, -0.15) is 27.5 Å². The molecule has 6 amide bonds. The first-order chi connectivity index (χ1) is 36.9. The monoisotopic (exact) mass is 1090 g/mol. The topological polar surface area (TPSA) is 222 Å². The van der Waals surface area contributed by atoms with E-state index >= 15 is 0 Å². The zero-order chi connectivity index (χ0) is 56.4. The lowest BCUT2D eigenvalue weighted by Crippen LogP contribution is -2.64. The number of urea groups is 2. The third kappa shape index (κ3) is 12.5. The maximum atomic E-state index is 14.9. The largest absolute Gasteiger partial charge is 0.464 e. The molecular weight excluding hydrogens is 1020 g/mol. The van der Waals surface area contributed by atoms with Crippen LogP contribution in [0, 0.1) is 11.3 Å². The van der Waals surface area contributed by atoms with Crippen molar-refractivity contribution in [2.45, 2.75) is 129 Å². The molecule has 4 N–H and O–H groups in total. The van der Waals surface area contributed by atoms with Crippen LogP contribution in [-0.2, 0) is 41.6 Å². The number of likely N-dealkylation sites (N-methyl/N-ethyl adjacent to an activating group) is 1. The minimum absolute atomic E-state index is 0.0429. The van der Waals surface area contributed by atoms with E-state index in [9.17, 15) is 41.5 Å². The summed E-state index contributed by atoms with van der Waals surface area (Å²) in [4.78, 5) is 88.7. The van der Waals surface area contributed by atoms with Crippen molar-refractivity contribution in [2.75, 3.05) is 66.8 Å². The molecule has 20 nitrogen and oxygen atoms in total. The van der Waals surface area contributed by atoms with Crippen molar-refractivity contribution >= 4 is 58.7 Å². The van der Waals surface area contributed by atoms with Gasteiger partial charge in [0.1, 0.15) is 37.7 Å². The molecule has 78 heavy (non-hydrogen) atoms. The third-order valence-corrected chi connectivity index (χ3v) is 15.8. The number of nitrogens with zero attached hydrogens (tertiary/aromatic N) is 9. The average Bonchev–Trinajstić information content (AvgIpc) is 3.99. The number of carbonyl (C=O) groups is 5. The zero-order valence-corrected chi connectivity index (χ0v) is 45.6. The quantitative estimate of drug-likeness (QED) is 0.0718. The first-order valence-corrected chi connectivity index (χ1v) is 26.5. The lowest BCUT2D eigenvalue weighted by atomic mass is 9.84. The molecule has 3 saturated heterocycles. The van der Waals surface area contributed by atoms with Crippen molar-refractivity contribution in [2.24, 2.45) is 27.1 Å². The molecule has 0 aliphatic carbocycles. The summed E-state index contributed by atoms with van der Waals surface area (Å²) < 4.78 is 76.4. The summed E-state index contributed by atoms with van der Waals surface area (Å²) in [5.74, 6) is -2.07. The van der Waals surface area contributed by atoms with Crippen LogP contribution in [0.4, 0.5) is 27.2 Å². The number of nitrogens with two attached hydrogens (primary N) is 1. The highest BCUT2D eigenvalue weighted by Gasteiger charge is 2.51. The Balaban J connectivity index is 1.08. The number of rotatable bonds is 9. The fraction of sp³-hybridized carbons (Fsp3) is 0.593. The molecule has 7 heterocycles. The van der Waals surface area contributed by atoms with Gasteiger partial charge in [0, 0.05) is 81.5 Å². The molecule has 3 fully saturated rings. The molecule has 1 unspecified atom stereocenters. The van der Waals surface area contributed by atoms with Crippen LogP contribution < -0.4 is 16.5 Å². The lowest BCUT2D eigenvalue weighted by Gasteiger charge is -2.43. The number of pyridine rings is 1. The number of aliphatic imine (C=N–C) groups is 2. The molecule has 6 atom stereocenters. The highest BCUT2D eigenvalue weighted by molar-refractivity contribution is 5.95. The van der Waals surface area contributed by atoms with E-state index in [-0.39, 0.29) is 45.9 Å². The van der Waals surface area contributed by atoms with Gasteiger partial charge in [0.25, 0.3) is 12.0 Å². The molecule has 3 aromatic rings. The Morgan fingerprint density at radius 2 is 1.85 bits per heavy atom. The molecule has 424 valence electrons. The van der Waals surface area contributed by atoms with Crippen LogP contribution >= 0.6 is 0 Å². The number of methoxy groups -OCH3 is 1. The second-order valence-electron chi connectivity index (χ2n) is 22.2. The number of nitrogens with one attached hydrogen (secondary N) is 2. The van der Waals surface area contributed by atoms with Crippen LogP contribution in [0.1, 0.15) is 96.6 Å². The maximum Gasteiger partial charge on any atom is 0.406 e. The Labute approximate surface area is 451 Å². The summed E-state index contributed by atoms with van der Waals surface area (Å²) in [6, 6.07) is 4.24. The zero-order valence-electron chi connectivity index (χ0n) is 45.6. The van der Waals surface area contributed by atoms with Gasteiger partial charge < -0.3 is 39.6 Å². The minimum Gasteiger partial charge on any atom is -0.464 e. The smallest absolute Gasteiger partial charge is 0.406 e. The van der Waals surface area contributed by atoms with E-state index in [4.69, 9.17) is 19.9 Å². The highest BCUT2D eigenvalue weighted by atomic mass is 19.4. The number of alkyl halides is 3. The van der Waals surface area contributed by atoms with Gasteiger partial charge in [0.05, 0.1) is 35.7 Å². The van der Waals surface area contributed by atoms with Gasteiger partial charge in [-0.3, -0.25) is 34.2 Å². The summed E-state index contributed by atoms with van der Waals surface area (Å²) in [6.45, 7) is 11.2. The molecule has 1 aromatic carbocycles. The van der Waals surface area contributed by atoms with Crippen molar-refractivity contribution in [1.29, 1.82) is 0 Å². The summed E-state index contributed by atoms with van der Waals surface area (Å²) in [7, 11) is 3.07. The Morgan fingerprint density at radius 3 is 2.54 bits per heavy atom. The predicted octanol–water partition coefficient (Wildman–Crippen LogP) is 6.19. The predicted molar refractivity (Wildman–Crippen MR) is 283 cm³/mol. The number of fused-ring (bicyclic) bond motifs is 6. The van der Waals surface area contributed by atoms with Crippen LogP contribution in [0.25, 0.3) is 27.7 Å². The summed E-state index contributed by atoms with van der Waals surface area (Å²) >= 11 is 0. The molecule has 6 bridgehead atoms. The highest BCUT2D eigenvalue weighted by Crippen LogP contribution is 2.43. The molecular formula is C54H72F4N12O8. The normalized spacial score (nSPS) is 24.0. The number of aromatic nitrogens is 2. The first kappa shape index (κ1) is 57.7. The van der Waals surface area contributed by atoms with Crippen molar-refractivity contribution in [3.05, 3.63) is 59.4 Å². The van der Waals surface area contributed by atoms with Gasteiger partial charge in [-0.15, -0.1) is 0 Å². The van der Waals surface area contributed by atoms with Crippen molar-refractivity contribution in [3.8, 4) is 11.3 Å². The number of benzene rings is 1. The lowest BCUT2D eigenvalue weighted by molar-refractivity contribution is -0.155. The summed E-state index contributed by atoms with van der Waals surface area (Å²) in [6.07, 6.45) is 0.318. The Kier molecular flexibility index (Phi) is 17.3. The molecule has 8 rings (SSSR count). The third-order valence-electron chi connectivity index (χ3n) is 15.8. The number of halogens is 4. The number of likely N-dealkylation sites (tertiary alicyclic amines) is 1. The van der Waals surface area contributed by atoms with Crippen LogP contribution in [-0.4, -0.2) is 179 Å². The number of hydrogen-bond donors (Lipinski definition) is 3. The number of hydrogen-bond acceptors (Lipinski definition) is 11. The van der Waals surface area contributed by atoms with Gasteiger partial charge in [0.15, 0.2) is 0 Å². The Bertz CT molecular complexity index is 2840. The molecule has 5 aliphatic heterocycles. The van der Waals surface area contributed by atoms with E-state index in [0.717, 1.165) is 17.5 Å². The van der Waals surface area contributed by atoms with Gasteiger partial charge in [-0.05, 0) is 99.3 Å². The number of amides is 6. The number of carbonyl (C=O) groups excluding carboxylic acids is 5. The van der Waals surface area contributed by atoms with Gasteiger partial charge >= 0.3 is 24.2 Å². The number of esters is 1. The Hall–Kier alpha value is -6.50. The number of ether oxygens (including phenoxy) is 3. The van der Waals surface area contributed by atoms with Crippen LogP contribution in [0.2, 0.25) is 0 Å². The molecule has 2 aromatic heterocycles. The van der Waals surface area contributed by atoms with E-state index < -0.39 is 95.9 Å². The minimum atomic E-state index is -4.60. The van der Waals surface area contributed by atoms with E-state index in [1.165, 1.54) is 26.5 Å². The van der Waals surface area contributed by atoms with Crippen molar-refractivity contribution < 1.29 is 55.7 Å². The Morgan fingerprint density at radius 1 is 1.10 bits per heavy atom. The van der Waals surface area contributed by atoms with E-state index in [0.29, 0.717) is 78.6 Å². The SMILES string of the molecule is CO[C@@H](C)c1ncccc1-c1c2c3cc(ccc3n1CC(F)(F)F)C1=CCCN(C1)C[C@H](NC(=O)[C@H](C(C)C)N(C)C(=O)N1CCC3(CC1)OCN(C(=O)/N=C/N=C(N)F)[C@H]3C)C(=O)N1CCC[C@H](N1)C(=O)OCC(C)(C)C2.